The fourth-order valence-electron chi connectivity index (χ4n) is 11.2. The fourth-order valence-corrected chi connectivity index (χ4v) is 11.2. The van der Waals surface area contributed by atoms with Crippen LogP contribution in [0.5, 0.6) is 0 Å². The second-order valence-corrected chi connectivity index (χ2v) is 25.2. The van der Waals surface area contributed by atoms with E-state index in [2.05, 4.69) is 69.4 Å². The van der Waals surface area contributed by atoms with Crippen LogP contribution < -0.4 is 0 Å². The highest BCUT2D eigenvalue weighted by Crippen LogP contribution is 2.19. The van der Waals surface area contributed by atoms with Gasteiger partial charge in [-0.05, 0) is 83.5 Å². The van der Waals surface area contributed by atoms with Crippen molar-refractivity contribution in [3.8, 4) is 0 Å². The number of hydrogen-bond acceptors (Lipinski definition) is 6. The first kappa shape index (κ1) is 80.4. The number of esters is 3. The Bertz CT molecular complexity index is 1430. The third kappa shape index (κ3) is 70.0. The number of allylic oxidation sites excluding steroid dienone is 8. The Labute approximate surface area is 518 Å². The molecule has 0 aliphatic carbocycles. The van der Waals surface area contributed by atoms with E-state index in [0.29, 0.717) is 19.3 Å². The summed E-state index contributed by atoms with van der Waals surface area (Å²) in [6.07, 6.45) is 91.4. The average molecular weight is 1160 g/mol. The minimum absolute atomic E-state index is 0.0720. The molecule has 0 N–H and O–H groups in total. The first-order chi connectivity index (χ1) is 41.0. The number of hydrogen-bond donors (Lipinski definition) is 0. The summed E-state index contributed by atoms with van der Waals surface area (Å²) in [5.74, 6) is -0.852. The van der Waals surface area contributed by atoms with Crippen molar-refractivity contribution in [2.24, 2.45) is 0 Å². The van der Waals surface area contributed by atoms with Gasteiger partial charge >= 0.3 is 17.9 Å². The maximum Gasteiger partial charge on any atom is 0.306 e. The lowest BCUT2D eigenvalue weighted by Gasteiger charge is -2.18. The molecule has 0 saturated carbocycles. The molecule has 0 aromatic rings. The largest absolute Gasteiger partial charge is 0.462 e. The molecule has 0 rings (SSSR count). The van der Waals surface area contributed by atoms with Crippen LogP contribution in [0.3, 0.4) is 0 Å². The third-order valence-corrected chi connectivity index (χ3v) is 16.8. The third-order valence-electron chi connectivity index (χ3n) is 16.8. The molecule has 1 atom stereocenters. The van der Waals surface area contributed by atoms with Crippen molar-refractivity contribution in [3.05, 3.63) is 48.6 Å². The van der Waals surface area contributed by atoms with E-state index in [1.807, 2.05) is 0 Å². The predicted octanol–water partition coefficient (Wildman–Crippen LogP) is 25.7. The fraction of sp³-hybridized carbons (Fsp3) is 0.857. The first-order valence-electron chi connectivity index (χ1n) is 37.1. The van der Waals surface area contributed by atoms with Crippen LogP contribution in [0.15, 0.2) is 48.6 Å². The summed E-state index contributed by atoms with van der Waals surface area (Å²) in [7, 11) is 0. The predicted molar refractivity (Wildman–Crippen MR) is 362 cm³/mol. The minimum Gasteiger partial charge on any atom is -0.462 e. The monoisotopic (exact) mass is 1160 g/mol. The highest BCUT2D eigenvalue weighted by Gasteiger charge is 2.19. The maximum absolute atomic E-state index is 13.0. The van der Waals surface area contributed by atoms with E-state index < -0.39 is 6.10 Å². The maximum atomic E-state index is 13.0. The molecular weight excluding hydrogens is 1020 g/mol. The molecule has 0 aromatic carbocycles. The second kappa shape index (κ2) is 71.8. The van der Waals surface area contributed by atoms with Gasteiger partial charge in [0.15, 0.2) is 6.10 Å². The molecular formula is C77H142O6. The van der Waals surface area contributed by atoms with Gasteiger partial charge in [-0.15, -0.1) is 0 Å². The molecule has 0 radical (unpaired) electrons. The number of unbranched alkanes of at least 4 members (excludes halogenated alkanes) is 50. The van der Waals surface area contributed by atoms with Gasteiger partial charge in [0, 0.05) is 19.3 Å². The van der Waals surface area contributed by atoms with Crippen LogP contribution in [0.2, 0.25) is 0 Å². The van der Waals surface area contributed by atoms with Gasteiger partial charge < -0.3 is 14.2 Å². The molecule has 0 amide bonds. The summed E-state index contributed by atoms with van der Waals surface area (Å²) in [5.41, 5.74) is 0. The van der Waals surface area contributed by atoms with E-state index in [4.69, 9.17) is 14.2 Å². The Hall–Kier alpha value is -2.63. The van der Waals surface area contributed by atoms with Crippen molar-refractivity contribution in [1.82, 2.24) is 0 Å². The molecule has 0 spiro atoms. The number of carbonyl (C=O) groups excluding carboxylic acids is 3. The minimum atomic E-state index is -0.777. The molecule has 0 heterocycles. The molecule has 0 saturated heterocycles. The average Bonchev–Trinajstić information content (AvgIpc) is 3.49. The summed E-state index contributed by atoms with van der Waals surface area (Å²) < 4.78 is 17.0. The Balaban J connectivity index is 4.28. The normalized spacial score (nSPS) is 12.3. The van der Waals surface area contributed by atoms with Gasteiger partial charge in [-0.3, -0.25) is 14.4 Å². The van der Waals surface area contributed by atoms with E-state index in [0.717, 1.165) is 77.0 Å². The molecule has 0 bridgehead atoms. The Morgan fingerprint density at radius 3 is 0.687 bits per heavy atom. The lowest BCUT2D eigenvalue weighted by atomic mass is 10.0. The standard InChI is InChI=1S/C77H142O6/c1-4-7-10-13-16-19-22-25-28-31-33-35-37-38-39-40-41-43-44-46-49-52-55-58-61-64-67-70-76(79)82-73-74(72-81-75(78)69-66-63-60-57-54-51-48-30-27-24-21-18-15-12-9-6-3)83-77(80)71-68-65-62-59-56-53-50-47-45-42-36-34-32-29-26-23-20-17-14-11-8-5-2/h22,25,30-31,33,37-38,48,74H,4-21,23-24,26-29,32,34-36,39-47,49-73H2,1-3H3/b25-22-,33-31-,38-37-,48-30-. The van der Waals surface area contributed by atoms with Crippen LogP contribution in [0.25, 0.3) is 0 Å². The van der Waals surface area contributed by atoms with Crippen LogP contribution >= 0.6 is 0 Å². The van der Waals surface area contributed by atoms with Crippen molar-refractivity contribution < 1.29 is 28.6 Å². The van der Waals surface area contributed by atoms with E-state index in [1.165, 1.54) is 289 Å². The summed E-state index contributed by atoms with van der Waals surface area (Å²) in [6, 6.07) is 0. The van der Waals surface area contributed by atoms with Crippen LogP contribution in [0.1, 0.15) is 406 Å². The van der Waals surface area contributed by atoms with Crippen LogP contribution in [0.4, 0.5) is 0 Å². The molecule has 1 unspecified atom stereocenters. The molecule has 0 aliphatic rings. The molecule has 0 aromatic heterocycles. The van der Waals surface area contributed by atoms with Crippen molar-refractivity contribution in [2.45, 2.75) is 412 Å². The van der Waals surface area contributed by atoms with Gasteiger partial charge in [-0.2, -0.15) is 0 Å². The van der Waals surface area contributed by atoms with Crippen molar-refractivity contribution >= 4 is 17.9 Å². The molecule has 486 valence electrons. The molecule has 6 heteroatoms. The van der Waals surface area contributed by atoms with Gasteiger partial charge in [0.1, 0.15) is 13.2 Å². The van der Waals surface area contributed by atoms with Gasteiger partial charge in [0.2, 0.25) is 0 Å². The van der Waals surface area contributed by atoms with Crippen molar-refractivity contribution in [1.29, 1.82) is 0 Å². The highest BCUT2D eigenvalue weighted by molar-refractivity contribution is 5.71. The van der Waals surface area contributed by atoms with E-state index >= 15 is 0 Å². The number of ether oxygens (including phenoxy) is 3. The summed E-state index contributed by atoms with van der Waals surface area (Å²) in [4.78, 5) is 38.5. The van der Waals surface area contributed by atoms with Gasteiger partial charge in [0.05, 0.1) is 0 Å². The van der Waals surface area contributed by atoms with Crippen LogP contribution in [-0.2, 0) is 28.6 Å². The lowest BCUT2D eigenvalue weighted by molar-refractivity contribution is -0.167. The molecule has 0 aliphatic heterocycles. The smallest absolute Gasteiger partial charge is 0.306 e. The van der Waals surface area contributed by atoms with Crippen LogP contribution in [0, 0.1) is 0 Å². The van der Waals surface area contributed by atoms with Crippen molar-refractivity contribution in [2.75, 3.05) is 13.2 Å². The van der Waals surface area contributed by atoms with E-state index in [-0.39, 0.29) is 31.1 Å². The zero-order valence-corrected chi connectivity index (χ0v) is 56.0. The van der Waals surface area contributed by atoms with E-state index in [1.54, 1.807) is 0 Å². The molecule has 6 nitrogen and oxygen atoms in total. The molecule has 0 fully saturated rings. The Kier molecular flexibility index (Phi) is 69.6. The topological polar surface area (TPSA) is 78.9 Å². The van der Waals surface area contributed by atoms with E-state index in [9.17, 15) is 14.4 Å². The zero-order chi connectivity index (χ0) is 59.9. The van der Waals surface area contributed by atoms with Gasteiger partial charge in [-0.25, -0.2) is 0 Å². The second-order valence-electron chi connectivity index (χ2n) is 25.2. The van der Waals surface area contributed by atoms with Gasteiger partial charge in [0.25, 0.3) is 0 Å². The van der Waals surface area contributed by atoms with Gasteiger partial charge in [-0.1, -0.05) is 352 Å². The summed E-state index contributed by atoms with van der Waals surface area (Å²) in [5, 5.41) is 0. The summed E-state index contributed by atoms with van der Waals surface area (Å²) >= 11 is 0. The van der Waals surface area contributed by atoms with Crippen molar-refractivity contribution in [3.63, 3.8) is 0 Å². The van der Waals surface area contributed by atoms with Crippen LogP contribution in [-0.4, -0.2) is 37.2 Å². The Morgan fingerprint density at radius 1 is 0.241 bits per heavy atom. The Morgan fingerprint density at radius 2 is 0.434 bits per heavy atom. The SMILES string of the molecule is CCCCCCC/C=C\C/C=C\C/C=C\CCCCCCCCCCCCCCC(=O)OCC(COC(=O)CCCCCCC/C=C\CCCCCCCCC)OC(=O)CCCCCCCCCCCCCCCCCCCCCCCC. The number of rotatable bonds is 69. The summed E-state index contributed by atoms with van der Waals surface area (Å²) in [6.45, 7) is 6.70. The number of carbonyl (C=O) groups is 3. The lowest BCUT2D eigenvalue weighted by Crippen LogP contribution is -2.30. The highest BCUT2D eigenvalue weighted by atomic mass is 16.6. The zero-order valence-electron chi connectivity index (χ0n) is 56.0. The quantitative estimate of drug-likeness (QED) is 0.0261. The molecule has 83 heavy (non-hydrogen) atoms. The first-order valence-corrected chi connectivity index (χ1v) is 37.1.